The SMILES string of the molecule is NOc1ncns1. The molecule has 0 aromatic carbocycles. The first-order valence-electron chi connectivity index (χ1n) is 1.57. The molecule has 0 spiro atoms. The Morgan fingerprint density at radius 1 is 1.86 bits per heavy atom. The molecule has 0 unspecified atom stereocenters. The van der Waals surface area contributed by atoms with Crippen LogP contribution in [0.4, 0.5) is 0 Å². The molecule has 1 aromatic rings. The Bertz CT molecular complexity index is 127. The van der Waals surface area contributed by atoms with Gasteiger partial charge in [0.05, 0.1) is 0 Å². The van der Waals surface area contributed by atoms with Gasteiger partial charge < -0.3 is 4.84 Å². The normalized spacial score (nSPS) is 8.71. The standard InChI is InChI=1S/C2H3N3OS/c3-6-2-4-1-5-7-2/h1H,3H2. The largest absolute Gasteiger partial charge is 0.378 e. The van der Waals surface area contributed by atoms with E-state index >= 15 is 0 Å². The van der Waals surface area contributed by atoms with E-state index in [1.807, 2.05) is 0 Å². The minimum absolute atomic E-state index is 0.389. The molecule has 0 atom stereocenters. The second-order valence-electron chi connectivity index (χ2n) is 0.825. The molecular weight excluding hydrogens is 114 g/mol. The van der Waals surface area contributed by atoms with Gasteiger partial charge in [-0.15, -0.1) is 0 Å². The molecule has 5 heteroatoms. The Balaban J connectivity index is 2.76. The van der Waals surface area contributed by atoms with E-state index in [9.17, 15) is 0 Å². The minimum Gasteiger partial charge on any atom is -0.378 e. The van der Waals surface area contributed by atoms with Crippen molar-refractivity contribution in [1.29, 1.82) is 0 Å². The Hall–Kier alpha value is -0.680. The summed E-state index contributed by atoms with van der Waals surface area (Å²) in [5, 5.41) is 0.389. The van der Waals surface area contributed by atoms with Gasteiger partial charge in [0.1, 0.15) is 6.33 Å². The van der Waals surface area contributed by atoms with Crippen LogP contribution in [0, 0.1) is 0 Å². The number of nitrogens with two attached hydrogens (primary N) is 1. The maximum Gasteiger partial charge on any atom is 0.313 e. The van der Waals surface area contributed by atoms with Gasteiger partial charge in [-0.2, -0.15) is 15.3 Å². The van der Waals surface area contributed by atoms with Gasteiger partial charge in [0.15, 0.2) is 0 Å². The highest BCUT2D eigenvalue weighted by molar-refractivity contribution is 7.07. The lowest BCUT2D eigenvalue weighted by Gasteiger charge is -1.81. The number of nitrogens with zero attached hydrogens (tertiary/aromatic N) is 2. The van der Waals surface area contributed by atoms with E-state index in [0.29, 0.717) is 5.19 Å². The fourth-order valence-electron chi connectivity index (χ4n) is 0.215. The summed E-state index contributed by atoms with van der Waals surface area (Å²) >= 11 is 1.11. The van der Waals surface area contributed by atoms with E-state index in [-0.39, 0.29) is 0 Å². The maximum atomic E-state index is 4.70. The van der Waals surface area contributed by atoms with Crippen molar-refractivity contribution in [1.82, 2.24) is 9.36 Å². The van der Waals surface area contributed by atoms with E-state index in [2.05, 4.69) is 14.2 Å². The summed E-state index contributed by atoms with van der Waals surface area (Å²) in [4.78, 5) is 7.79. The Morgan fingerprint density at radius 2 is 2.71 bits per heavy atom. The van der Waals surface area contributed by atoms with Gasteiger partial charge in [-0.3, -0.25) is 0 Å². The molecule has 0 aliphatic carbocycles. The number of hydrogen-bond donors (Lipinski definition) is 1. The maximum absolute atomic E-state index is 4.70. The lowest BCUT2D eigenvalue weighted by molar-refractivity contribution is 0.332. The van der Waals surface area contributed by atoms with Crippen LogP contribution in [0.2, 0.25) is 0 Å². The first-order valence-corrected chi connectivity index (χ1v) is 2.34. The van der Waals surface area contributed by atoms with E-state index < -0.39 is 0 Å². The summed E-state index contributed by atoms with van der Waals surface area (Å²) < 4.78 is 3.62. The van der Waals surface area contributed by atoms with Crippen molar-refractivity contribution >= 4 is 11.5 Å². The molecule has 1 aromatic heterocycles. The van der Waals surface area contributed by atoms with Gasteiger partial charge >= 0.3 is 5.19 Å². The van der Waals surface area contributed by atoms with E-state index in [4.69, 9.17) is 5.90 Å². The molecule has 0 amide bonds. The lowest BCUT2D eigenvalue weighted by atomic mass is 11.3. The smallest absolute Gasteiger partial charge is 0.313 e. The zero-order valence-electron chi connectivity index (χ0n) is 3.37. The number of hydrogen-bond acceptors (Lipinski definition) is 5. The molecule has 7 heavy (non-hydrogen) atoms. The molecule has 0 saturated heterocycles. The monoisotopic (exact) mass is 117 g/mol. The van der Waals surface area contributed by atoms with Crippen LogP contribution in [0.1, 0.15) is 0 Å². The summed E-state index contributed by atoms with van der Waals surface area (Å²) in [5.74, 6) is 4.70. The Labute approximate surface area is 44.1 Å². The van der Waals surface area contributed by atoms with Gasteiger partial charge in [0.25, 0.3) is 0 Å². The predicted octanol–water partition coefficient (Wildman–Crippen LogP) is -0.209. The lowest BCUT2D eigenvalue weighted by Crippen LogP contribution is -2.00. The Kier molecular flexibility index (Phi) is 1.19. The van der Waals surface area contributed by atoms with Crippen LogP contribution in [0.25, 0.3) is 0 Å². The van der Waals surface area contributed by atoms with Gasteiger partial charge in [-0.25, -0.2) is 0 Å². The molecule has 2 N–H and O–H groups in total. The van der Waals surface area contributed by atoms with Crippen molar-refractivity contribution in [3.63, 3.8) is 0 Å². The third-order valence-corrected chi connectivity index (χ3v) is 0.999. The number of rotatable bonds is 1. The molecule has 1 rings (SSSR count). The van der Waals surface area contributed by atoms with Gasteiger partial charge in [0, 0.05) is 11.5 Å². The molecule has 0 aliphatic heterocycles. The highest BCUT2D eigenvalue weighted by Gasteiger charge is 1.88. The van der Waals surface area contributed by atoms with Crippen molar-refractivity contribution in [2.24, 2.45) is 5.90 Å². The van der Waals surface area contributed by atoms with Crippen molar-refractivity contribution in [3.05, 3.63) is 6.33 Å². The van der Waals surface area contributed by atoms with Gasteiger partial charge in [0.2, 0.25) is 0 Å². The second kappa shape index (κ2) is 1.85. The zero-order valence-corrected chi connectivity index (χ0v) is 4.18. The molecule has 0 fully saturated rings. The first-order chi connectivity index (χ1) is 3.43. The van der Waals surface area contributed by atoms with E-state index in [1.54, 1.807) is 0 Å². The topological polar surface area (TPSA) is 61.0 Å². The van der Waals surface area contributed by atoms with Crippen LogP contribution in [-0.2, 0) is 0 Å². The molecule has 1 heterocycles. The average Bonchev–Trinajstić information content (AvgIpc) is 2.14. The zero-order chi connectivity index (χ0) is 5.11. The molecule has 38 valence electrons. The quantitative estimate of drug-likeness (QED) is 0.517. The van der Waals surface area contributed by atoms with Gasteiger partial charge in [-0.05, 0) is 0 Å². The third-order valence-electron chi connectivity index (χ3n) is 0.442. The average molecular weight is 117 g/mol. The van der Waals surface area contributed by atoms with Crippen LogP contribution in [0.3, 0.4) is 0 Å². The molecule has 4 nitrogen and oxygen atoms in total. The van der Waals surface area contributed by atoms with Crippen LogP contribution < -0.4 is 10.7 Å². The minimum atomic E-state index is 0.389. The molecule has 0 radical (unpaired) electrons. The van der Waals surface area contributed by atoms with Gasteiger partial charge in [-0.1, -0.05) is 0 Å². The molecular formula is C2H3N3OS. The van der Waals surface area contributed by atoms with E-state index in [0.717, 1.165) is 11.5 Å². The molecule has 0 saturated carbocycles. The predicted molar refractivity (Wildman–Crippen MR) is 24.7 cm³/mol. The summed E-state index contributed by atoms with van der Waals surface area (Å²) in [6.07, 6.45) is 1.38. The van der Waals surface area contributed by atoms with Crippen molar-refractivity contribution in [3.8, 4) is 5.19 Å². The van der Waals surface area contributed by atoms with E-state index in [1.165, 1.54) is 6.33 Å². The van der Waals surface area contributed by atoms with Crippen molar-refractivity contribution in [2.75, 3.05) is 0 Å². The van der Waals surface area contributed by atoms with Crippen molar-refractivity contribution in [2.45, 2.75) is 0 Å². The van der Waals surface area contributed by atoms with Crippen LogP contribution in [-0.4, -0.2) is 9.36 Å². The highest BCUT2D eigenvalue weighted by atomic mass is 32.1. The molecule has 0 bridgehead atoms. The third kappa shape index (κ3) is 0.847. The summed E-state index contributed by atoms with van der Waals surface area (Å²) in [6.45, 7) is 0. The fourth-order valence-corrected chi connectivity index (χ4v) is 0.537. The van der Waals surface area contributed by atoms with Crippen LogP contribution in [0.15, 0.2) is 6.33 Å². The highest BCUT2D eigenvalue weighted by Crippen LogP contribution is 2.06. The second-order valence-corrected chi connectivity index (χ2v) is 1.57. The first kappa shape index (κ1) is 4.48. The van der Waals surface area contributed by atoms with Crippen molar-refractivity contribution < 1.29 is 4.84 Å². The fraction of sp³-hybridized carbons (Fsp3) is 0. The number of aromatic nitrogens is 2. The summed E-state index contributed by atoms with van der Waals surface area (Å²) in [6, 6.07) is 0. The van der Waals surface area contributed by atoms with Crippen LogP contribution >= 0.6 is 11.5 Å². The Morgan fingerprint density at radius 3 is 3.00 bits per heavy atom. The molecule has 0 aliphatic rings. The summed E-state index contributed by atoms with van der Waals surface area (Å²) in [5.41, 5.74) is 0. The van der Waals surface area contributed by atoms with Crippen LogP contribution in [0.5, 0.6) is 5.19 Å². The summed E-state index contributed by atoms with van der Waals surface area (Å²) in [7, 11) is 0.